The van der Waals surface area contributed by atoms with Crippen molar-refractivity contribution in [3.05, 3.63) is 90.5 Å². The lowest BCUT2D eigenvalue weighted by Crippen LogP contribution is -2.29. The van der Waals surface area contributed by atoms with Gasteiger partial charge in [-0.15, -0.1) is 0 Å². The molecule has 1 amide bonds. The molecule has 0 atom stereocenters. The Morgan fingerprint density at radius 2 is 1.47 bits per heavy atom. The summed E-state index contributed by atoms with van der Waals surface area (Å²) in [5.74, 6) is 2.16. The Hall–Kier alpha value is -4.13. The second-order valence-electron chi connectivity index (χ2n) is 7.56. The van der Waals surface area contributed by atoms with Crippen LogP contribution >= 0.6 is 0 Å². The van der Waals surface area contributed by atoms with Gasteiger partial charge in [-0.3, -0.25) is 4.79 Å². The summed E-state index contributed by atoms with van der Waals surface area (Å²) in [5.41, 5.74) is 3.69. The Kier molecular flexibility index (Phi) is 5.29. The maximum absolute atomic E-state index is 12.8. The predicted octanol–water partition coefficient (Wildman–Crippen LogP) is 3.82. The topological polar surface area (TPSA) is 74.0 Å². The molecule has 0 aliphatic heterocycles. The average molecular weight is 425 g/mol. The van der Waals surface area contributed by atoms with E-state index in [0.29, 0.717) is 12.4 Å². The van der Waals surface area contributed by atoms with Gasteiger partial charge in [-0.1, -0.05) is 42.5 Å². The number of hydrogen-bond donors (Lipinski definition) is 1. The molecular weight excluding hydrogens is 402 g/mol. The van der Waals surface area contributed by atoms with Gasteiger partial charge in [0.1, 0.15) is 30.5 Å². The molecule has 3 aromatic carbocycles. The first-order chi connectivity index (χ1) is 15.7. The van der Waals surface area contributed by atoms with Crippen LogP contribution in [-0.2, 0) is 31.5 Å². The van der Waals surface area contributed by atoms with Gasteiger partial charge < -0.3 is 19.2 Å². The van der Waals surface area contributed by atoms with E-state index >= 15 is 0 Å². The molecule has 7 heteroatoms. The molecule has 0 spiro atoms. The molecule has 1 N–H and O–H groups in total. The van der Waals surface area contributed by atoms with Crippen LogP contribution in [0.5, 0.6) is 5.75 Å². The number of nitrogens with zero attached hydrogens (tertiary/aromatic N) is 4. The van der Waals surface area contributed by atoms with E-state index in [9.17, 15) is 4.79 Å². The van der Waals surface area contributed by atoms with Crippen molar-refractivity contribution in [1.29, 1.82) is 0 Å². The summed E-state index contributed by atoms with van der Waals surface area (Å²) in [7, 11) is 1.96. The fourth-order valence-corrected chi connectivity index (χ4v) is 3.81. The Labute approximate surface area is 185 Å². The number of hydrogen-bond acceptors (Lipinski definition) is 4. The predicted molar refractivity (Wildman–Crippen MR) is 123 cm³/mol. The van der Waals surface area contributed by atoms with Gasteiger partial charge in [-0.25, -0.2) is 9.97 Å². The van der Waals surface area contributed by atoms with Gasteiger partial charge in [0, 0.05) is 7.05 Å². The molecule has 0 aliphatic rings. The van der Waals surface area contributed by atoms with E-state index in [1.807, 2.05) is 95.0 Å². The maximum atomic E-state index is 12.8. The molecule has 0 fully saturated rings. The van der Waals surface area contributed by atoms with E-state index in [1.165, 1.54) is 0 Å². The zero-order valence-corrected chi connectivity index (χ0v) is 17.7. The highest BCUT2D eigenvalue weighted by Crippen LogP contribution is 2.19. The summed E-state index contributed by atoms with van der Waals surface area (Å²) >= 11 is 0. The number of benzene rings is 3. The first-order valence-electron chi connectivity index (χ1n) is 10.5. The number of nitrogens with one attached hydrogen (secondary N) is 1. The molecule has 5 aromatic rings. The minimum absolute atomic E-state index is 0.110. The summed E-state index contributed by atoms with van der Waals surface area (Å²) in [4.78, 5) is 22.1. The molecule has 0 saturated carbocycles. The summed E-state index contributed by atoms with van der Waals surface area (Å²) < 4.78 is 9.80. The first kappa shape index (κ1) is 19.8. The minimum Gasteiger partial charge on any atom is -0.486 e. The van der Waals surface area contributed by atoms with E-state index in [-0.39, 0.29) is 19.1 Å². The minimum atomic E-state index is -0.110. The van der Waals surface area contributed by atoms with Crippen molar-refractivity contribution in [1.82, 2.24) is 24.4 Å². The Balaban J connectivity index is 1.33. The average Bonchev–Trinajstić information content (AvgIpc) is 3.34. The van der Waals surface area contributed by atoms with Crippen LogP contribution in [0.4, 0.5) is 0 Å². The summed E-state index contributed by atoms with van der Waals surface area (Å²) in [5, 5.41) is 2.99. The molecule has 160 valence electrons. The lowest BCUT2D eigenvalue weighted by Gasteiger charge is -2.11. The largest absolute Gasteiger partial charge is 0.486 e. The molecule has 0 unspecified atom stereocenters. The molecule has 32 heavy (non-hydrogen) atoms. The van der Waals surface area contributed by atoms with Gasteiger partial charge in [0.2, 0.25) is 5.91 Å². The fourth-order valence-electron chi connectivity index (χ4n) is 3.81. The first-order valence-corrected chi connectivity index (χ1v) is 10.5. The van der Waals surface area contributed by atoms with Crippen molar-refractivity contribution in [2.75, 3.05) is 0 Å². The SMILES string of the molecule is Cn1c(CNC(=O)Cn2c(COc3ccccc3)nc3ccccc32)nc2ccccc21. The zero-order chi connectivity index (χ0) is 21.9. The second-order valence-corrected chi connectivity index (χ2v) is 7.56. The van der Waals surface area contributed by atoms with E-state index < -0.39 is 0 Å². The normalized spacial score (nSPS) is 11.2. The third-order valence-electron chi connectivity index (χ3n) is 5.47. The fraction of sp³-hybridized carbons (Fsp3) is 0.160. The van der Waals surface area contributed by atoms with Crippen molar-refractivity contribution in [2.45, 2.75) is 19.7 Å². The lowest BCUT2D eigenvalue weighted by molar-refractivity contribution is -0.121. The maximum Gasteiger partial charge on any atom is 0.240 e. The van der Waals surface area contributed by atoms with Crippen LogP contribution in [0, 0.1) is 0 Å². The van der Waals surface area contributed by atoms with Crippen LogP contribution in [0.2, 0.25) is 0 Å². The number of rotatable bonds is 7. The molecule has 2 aromatic heterocycles. The van der Waals surface area contributed by atoms with Gasteiger partial charge in [-0.2, -0.15) is 0 Å². The number of amides is 1. The van der Waals surface area contributed by atoms with Crippen LogP contribution in [0.25, 0.3) is 22.1 Å². The van der Waals surface area contributed by atoms with Gasteiger partial charge in [0.15, 0.2) is 0 Å². The van der Waals surface area contributed by atoms with Gasteiger partial charge in [-0.05, 0) is 36.4 Å². The molecule has 5 rings (SSSR count). The van der Waals surface area contributed by atoms with Crippen molar-refractivity contribution in [2.24, 2.45) is 7.05 Å². The molecule has 7 nitrogen and oxygen atoms in total. The number of imidazole rings is 2. The van der Waals surface area contributed by atoms with Crippen LogP contribution in [0.3, 0.4) is 0 Å². The van der Waals surface area contributed by atoms with Gasteiger partial charge in [0.25, 0.3) is 0 Å². The lowest BCUT2D eigenvalue weighted by atomic mass is 10.3. The molecule has 0 aliphatic carbocycles. The van der Waals surface area contributed by atoms with Crippen molar-refractivity contribution in [3.63, 3.8) is 0 Å². The highest BCUT2D eigenvalue weighted by atomic mass is 16.5. The van der Waals surface area contributed by atoms with E-state index in [1.54, 1.807) is 0 Å². The number of ether oxygens (including phenoxy) is 1. The van der Waals surface area contributed by atoms with Gasteiger partial charge >= 0.3 is 0 Å². The number of carbonyl (C=O) groups excluding carboxylic acids is 1. The summed E-state index contributed by atoms with van der Waals surface area (Å²) in [6.45, 7) is 0.779. The van der Waals surface area contributed by atoms with Crippen LogP contribution < -0.4 is 10.1 Å². The quantitative estimate of drug-likeness (QED) is 0.430. The van der Waals surface area contributed by atoms with Crippen LogP contribution in [0.15, 0.2) is 78.9 Å². The molecule has 0 saturated heterocycles. The third kappa shape index (κ3) is 3.92. The number of aromatic nitrogens is 4. The van der Waals surface area contributed by atoms with Gasteiger partial charge in [0.05, 0.1) is 28.6 Å². The molecule has 2 heterocycles. The standard InChI is InChI=1S/C25H23N5O2/c1-29-21-13-7-5-11-19(21)27-23(29)15-26-25(31)16-30-22-14-8-6-12-20(22)28-24(30)17-32-18-9-3-2-4-10-18/h2-14H,15-17H2,1H3,(H,26,31). The van der Waals surface area contributed by atoms with Crippen molar-refractivity contribution >= 4 is 28.0 Å². The Morgan fingerprint density at radius 1 is 0.844 bits per heavy atom. The number of fused-ring (bicyclic) bond motifs is 2. The van der Waals surface area contributed by atoms with Crippen molar-refractivity contribution in [3.8, 4) is 5.75 Å². The monoisotopic (exact) mass is 425 g/mol. The summed E-state index contributed by atoms with van der Waals surface area (Å²) in [6, 6.07) is 25.3. The Bertz CT molecular complexity index is 1390. The number of carbonyl (C=O) groups is 1. The molecule has 0 radical (unpaired) electrons. The zero-order valence-electron chi connectivity index (χ0n) is 17.7. The number of aryl methyl sites for hydroxylation is 1. The van der Waals surface area contributed by atoms with Crippen molar-refractivity contribution < 1.29 is 9.53 Å². The summed E-state index contributed by atoms with van der Waals surface area (Å²) in [6.07, 6.45) is 0. The van der Waals surface area contributed by atoms with E-state index in [4.69, 9.17) is 4.74 Å². The second kappa shape index (κ2) is 8.55. The highest BCUT2D eigenvalue weighted by Gasteiger charge is 2.15. The van der Waals surface area contributed by atoms with E-state index in [0.717, 1.165) is 33.6 Å². The van der Waals surface area contributed by atoms with Crippen LogP contribution in [0.1, 0.15) is 11.6 Å². The smallest absolute Gasteiger partial charge is 0.240 e. The van der Waals surface area contributed by atoms with E-state index in [2.05, 4.69) is 15.3 Å². The highest BCUT2D eigenvalue weighted by molar-refractivity contribution is 5.81. The molecule has 0 bridgehead atoms. The molecular formula is C25H23N5O2. The number of para-hydroxylation sites is 5. The van der Waals surface area contributed by atoms with Crippen LogP contribution in [-0.4, -0.2) is 25.0 Å². The Morgan fingerprint density at radius 3 is 2.22 bits per heavy atom. The third-order valence-corrected chi connectivity index (χ3v) is 5.47.